The van der Waals surface area contributed by atoms with E-state index in [4.69, 9.17) is 4.52 Å². The fourth-order valence-electron chi connectivity index (χ4n) is 2.31. The van der Waals surface area contributed by atoms with Crippen LogP contribution in [-0.4, -0.2) is 44.2 Å². The van der Waals surface area contributed by atoms with Crippen molar-refractivity contribution in [2.45, 2.75) is 31.2 Å². The average Bonchev–Trinajstić information content (AvgIpc) is 2.96. The number of aromatic nitrogens is 1. The largest absolute Gasteiger partial charge is 0.480 e. The second-order valence-electron chi connectivity index (χ2n) is 4.96. The summed E-state index contributed by atoms with van der Waals surface area (Å²) < 4.78 is 4.97. The quantitative estimate of drug-likeness (QED) is 0.901. The van der Waals surface area contributed by atoms with Gasteiger partial charge in [-0.15, -0.1) is 11.8 Å². The summed E-state index contributed by atoms with van der Waals surface area (Å²) in [6.45, 7) is 1.73. The van der Waals surface area contributed by atoms with Crippen LogP contribution in [0, 0.1) is 12.8 Å². The van der Waals surface area contributed by atoms with Crippen LogP contribution in [0.5, 0.6) is 0 Å². The van der Waals surface area contributed by atoms with Crippen molar-refractivity contribution in [3.8, 4) is 0 Å². The highest BCUT2D eigenvalue weighted by Gasteiger charge is 2.48. The molecular weight excluding hydrogens is 268 g/mol. The standard InChI is InChI=1S/C12H14N2O4S/c1-6-4-9(18-13-6)10(15)14-8(12(16)17)5-19-11(14)7-2-3-7/h4,7-8,11H,2-3,5H2,1H3,(H,16,17). The van der Waals surface area contributed by atoms with E-state index in [9.17, 15) is 14.7 Å². The number of rotatable bonds is 3. The SMILES string of the molecule is Cc1cc(C(=O)N2C(C(=O)O)CSC2C2CC2)on1. The Labute approximate surface area is 114 Å². The first-order valence-electron chi connectivity index (χ1n) is 6.18. The van der Waals surface area contributed by atoms with Crippen LogP contribution in [0.2, 0.25) is 0 Å². The minimum absolute atomic E-state index is 0.0426. The molecule has 1 aromatic rings. The first-order chi connectivity index (χ1) is 9.08. The Morgan fingerprint density at radius 1 is 1.53 bits per heavy atom. The van der Waals surface area contributed by atoms with Gasteiger partial charge in [0.25, 0.3) is 5.91 Å². The predicted molar refractivity (Wildman–Crippen MR) is 67.8 cm³/mol. The molecule has 1 amide bonds. The molecule has 1 N–H and O–H groups in total. The maximum absolute atomic E-state index is 12.4. The third-order valence-corrected chi connectivity index (χ3v) is 4.88. The molecule has 2 unspecified atom stereocenters. The molecule has 0 spiro atoms. The molecule has 0 aromatic carbocycles. The van der Waals surface area contributed by atoms with Gasteiger partial charge in [0.05, 0.1) is 11.1 Å². The normalized spacial score (nSPS) is 26.7. The second-order valence-corrected chi connectivity index (χ2v) is 6.11. The van der Waals surface area contributed by atoms with Crippen LogP contribution in [0.1, 0.15) is 29.1 Å². The number of hydrogen-bond acceptors (Lipinski definition) is 5. The number of amides is 1. The van der Waals surface area contributed by atoms with E-state index in [0.717, 1.165) is 12.8 Å². The summed E-state index contributed by atoms with van der Waals surface area (Å²) in [6.07, 6.45) is 2.12. The average molecular weight is 282 g/mol. The Bertz CT molecular complexity index is 526. The Balaban J connectivity index is 1.88. The van der Waals surface area contributed by atoms with Crippen molar-refractivity contribution in [1.29, 1.82) is 0 Å². The third-order valence-electron chi connectivity index (χ3n) is 3.42. The molecule has 1 aliphatic carbocycles. The second kappa shape index (κ2) is 4.56. The molecule has 1 saturated carbocycles. The molecule has 19 heavy (non-hydrogen) atoms. The number of carboxylic acid groups (broad SMARTS) is 1. The maximum Gasteiger partial charge on any atom is 0.327 e. The monoisotopic (exact) mass is 282 g/mol. The van der Waals surface area contributed by atoms with Gasteiger partial charge in [0.15, 0.2) is 0 Å². The molecule has 7 heteroatoms. The van der Waals surface area contributed by atoms with E-state index in [1.807, 2.05) is 0 Å². The molecule has 1 aliphatic heterocycles. The lowest BCUT2D eigenvalue weighted by atomic mass is 10.2. The van der Waals surface area contributed by atoms with Crippen LogP contribution < -0.4 is 0 Å². The van der Waals surface area contributed by atoms with Gasteiger partial charge in [-0.25, -0.2) is 4.79 Å². The zero-order chi connectivity index (χ0) is 13.6. The number of aliphatic carboxylic acids is 1. The van der Waals surface area contributed by atoms with Crippen LogP contribution in [0.3, 0.4) is 0 Å². The number of thioether (sulfide) groups is 1. The highest BCUT2D eigenvalue weighted by Crippen LogP contribution is 2.45. The maximum atomic E-state index is 12.4. The molecule has 2 heterocycles. The molecule has 2 atom stereocenters. The van der Waals surface area contributed by atoms with Crippen LogP contribution in [-0.2, 0) is 4.79 Å². The lowest BCUT2D eigenvalue weighted by Gasteiger charge is -2.26. The van der Waals surface area contributed by atoms with E-state index in [-0.39, 0.29) is 17.0 Å². The molecule has 1 saturated heterocycles. The summed E-state index contributed by atoms with van der Waals surface area (Å²) >= 11 is 1.55. The Morgan fingerprint density at radius 2 is 2.26 bits per heavy atom. The molecule has 1 aromatic heterocycles. The van der Waals surface area contributed by atoms with Crippen LogP contribution in [0.15, 0.2) is 10.6 Å². The summed E-state index contributed by atoms with van der Waals surface area (Å²) in [5, 5.41) is 12.9. The van der Waals surface area contributed by atoms with Crippen molar-refractivity contribution in [3.63, 3.8) is 0 Å². The predicted octanol–water partition coefficient (Wildman–Crippen LogP) is 1.36. The minimum Gasteiger partial charge on any atom is -0.480 e. The van der Waals surface area contributed by atoms with E-state index in [1.165, 1.54) is 4.90 Å². The Morgan fingerprint density at radius 3 is 2.79 bits per heavy atom. The van der Waals surface area contributed by atoms with Crippen molar-refractivity contribution in [2.75, 3.05) is 5.75 Å². The number of hydrogen-bond donors (Lipinski definition) is 1. The summed E-state index contributed by atoms with van der Waals surface area (Å²) in [4.78, 5) is 25.2. The van der Waals surface area contributed by atoms with Gasteiger partial charge in [0.1, 0.15) is 6.04 Å². The lowest BCUT2D eigenvalue weighted by molar-refractivity contribution is -0.141. The van der Waals surface area contributed by atoms with E-state index >= 15 is 0 Å². The topological polar surface area (TPSA) is 83.6 Å². The van der Waals surface area contributed by atoms with Crippen LogP contribution in [0.25, 0.3) is 0 Å². The summed E-state index contributed by atoms with van der Waals surface area (Å²) in [7, 11) is 0. The highest BCUT2D eigenvalue weighted by atomic mass is 32.2. The summed E-state index contributed by atoms with van der Waals surface area (Å²) in [5.41, 5.74) is 0.616. The molecule has 2 fully saturated rings. The van der Waals surface area contributed by atoms with Gasteiger partial charge >= 0.3 is 5.97 Å². The van der Waals surface area contributed by atoms with Crippen molar-refractivity contribution in [3.05, 3.63) is 17.5 Å². The van der Waals surface area contributed by atoms with Gasteiger partial charge < -0.3 is 14.5 Å². The zero-order valence-electron chi connectivity index (χ0n) is 10.4. The number of carbonyl (C=O) groups is 2. The third kappa shape index (κ3) is 2.22. The molecule has 3 rings (SSSR count). The highest BCUT2D eigenvalue weighted by molar-refractivity contribution is 8.00. The molecule has 6 nitrogen and oxygen atoms in total. The van der Waals surface area contributed by atoms with Crippen LogP contribution >= 0.6 is 11.8 Å². The van der Waals surface area contributed by atoms with Crippen molar-refractivity contribution in [1.82, 2.24) is 10.1 Å². The molecule has 0 radical (unpaired) electrons. The van der Waals surface area contributed by atoms with E-state index in [1.54, 1.807) is 24.8 Å². The first-order valence-corrected chi connectivity index (χ1v) is 7.23. The van der Waals surface area contributed by atoms with E-state index in [2.05, 4.69) is 5.16 Å². The summed E-state index contributed by atoms with van der Waals surface area (Å²) in [5.74, 6) is -0.343. The number of carboxylic acids is 1. The van der Waals surface area contributed by atoms with Crippen molar-refractivity contribution >= 4 is 23.6 Å². The summed E-state index contributed by atoms with van der Waals surface area (Å²) in [6, 6.07) is 0.780. The van der Waals surface area contributed by atoms with Gasteiger partial charge in [-0.2, -0.15) is 0 Å². The van der Waals surface area contributed by atoms with Gasteiger partial charge in [-0.3, -0.25) is 4.79 Å². The Kier molecular flexibility index (Phi) is 3.00. The zero-order valence-corrected chi connectivity index (χ0v) is 11.2. The Hall–Kier alpha value is -1.50. The van der Waals surface area contributed by atoms with Gasteiger partial charge in [0, 0.05) is 11.8 Å². The molecule has 0 bridgehead atoms. The van der Waals surface area contributed by atoms with Crippen molar-refractivity contribution < 1.29 is 19.2 Å². The van der Waals surface area contributed by atoms with Gasteiger partial charge in [-0.1, -0.05) is 5.16 Å². The van der Waals surface area contributed by atoms with Crippen molar-refractivity contribution in [2.24, 2.45) is 5.92 Å². The fourth-order valence-corrected chi connectivity index (χ4v) is 3.94. The minimum atomic E-state index is -0.958. The van der Waals surface area contributed by atoms with Gasteiger partial charge in [0.2, 0.25) is 5.76 Å². The fraction of sp³-hybridized carbons (Fsp3) is 0.583. The number of aryl methyl sites for hydroxylation is 1. The number of nitrogens with zero attached hydrogens (tertiary/aromatic N) is 2. The molecule has 102 valence electrons. The van der Waals surface area contributed by atoms with E-state index < -0.39 is 12.0 Å². The van der Waals surface area contributed by atoms with E-state index in [0.29, 0.717) is 17.4 Å². The first kappa shape index (κ1) is 12.5. The lowest BCUT2D eigenvalue weighted by Crippen LogP contribution is -2.46. The smallest absolute Gasteiger partial charge is 0.327 e. The molecule has 2 aliphatic rings. The van der Waals surface area contributed by atoms with Crippen LogP contribution in [0.4, 0.5) is 0 Å². The molecular formula is C12H14N2O4S. The number of carbonyl (C=O) groups excluding carboxylic acids is 1. The van der Waals surface area contributed by atoms with Gasteiger partial charge in [-0.05, 0) is 25.7 Å².